The van der Waals surface area contributed by atoms with Gasteiger partial charge in [-0.1, -0.05) is 19.1 Å². The van der Waals surface area contributed by atoms with Crippen LogP contribution in [-0.2, 0) is 4.79 Å². The molecule has 2 heterocycles. The van der Waals surface area contributed by atoms with Crippen molar-refractivity contribution in [1.82, 2.24) is 14.7 Å². The van der Waals surface area contributed by atoms with Gasteiger partial charge in [-0.2, -0.15) is 5.10 Å². The van der Waals surface area contributed by atoms with Gasteiger partial charge in [0.15, 0.2) is 0 Å². The van der Waals surface area contributed by atoms with E-state index in [4.69, 9.17) is 0 Å². The summed E-state index contributed by atoms with van der Waals surface area (Å²) in [5, 5.41) is 5.62. The third-order valence-corrected chi connectivity index (χ3v) is 3.62. The minimum atomic E-state index is 0.235. The molecule has 18 heavy (non-hydrogen) atoms. The van der Waals surface area contributed by atoms with Gasteiger partial charge in [-0.25, -0.2) is 0 Å². The van der Waals surface area contributed by atoms with Crippen molar-refractivity contribution in [3.05, 3.63) is 30.0 Å². The van der Waals surface area contributed by atoms with Crippen LogP contribution in [0.2, 0.25) is 0 Å². The summed E-state index contributed by atoms with van der Waals surface area (Å²) in [5.41, 5.74) is 2.41. The molecule has 4 heteroatoms. The van der Waals surface area contributed by atoms with E-state index in [0.717, 1.165) is 13.1 Å². The van der Waals surface area contributed by atoms with Gasteiger partial charge in [-0.05, 0) is 18.6 Å². The van der Waals surface area contributed by atoms with E-state index in [9.17, 15) is 4.79 Å². The van der Waals surface area contributed by atoms with Crippen LogP contribution in [0.25, 0.3) is 10.9 Å². The number of carbonyl (C=O) groups is 1. The summed E-state index contributed by atoms with van der Waals surface area (Å²) in [6.07, 6.45) is 2.49. The van der Waals surface area contributed by atoms with Crippen molar-refractivity contribution in [2.24, 2.45) is 0 Å². The lowest BCUT2D eigenvalue weighted by Crippen LogP contribution is -2.50. The molecular formula is C14H17N3O. The highest BCUT2D eigenvalue weighted by molar-refractivity contribution is 5.80. The highest BCUT2D eigenvalue weighted by Crippen LogP contribution is 2.26. The Hall–Kier alpha value is -1.84. The average Bonchev–Trinajstić information content (AvgIpc) is 2.70. The molecule has 0 N–H and O–H groups in total. The first-order valence-electron chi connectivity index (χ1n) is 6.40. The first kappa shape index (κ1) is 11.3. The van der Waals surface area contributed by atoms with Crippen LogP contribution in [0.1, 0.15) is 24.9 Å². The molecule has 1 aliphatic rings. The fourth-order valence-electron chi connectivity index (χ4n) is 2.48. The fourth-order valence-corrected chi connectivity index (χ4v) is 2.48. The number of aryl methyl sites for hydroxylation is 1. The van der Waals surface area contributed by atoms with Gasteiger partial charge in [-0.15, -0.1) is 0 Å². The van der Waals surface area contributed by atoms with Gasteiger partial charge in [0.05, 0.1) is 17.8 Å². The number of hydrogen-bond acceptors (Lipinski definition) is 2. The lowest BCUT2D eigenvalue weighted by atomic mass is 10.1. The maximum absolute atomic E-state index is 11.5. The minimum Gasteiger partial charge on any atom is -0.338 e. The molecule has 0 unspecified atom stereocenters. The molecule has 1 aromatic heterocycles. The van der Waals surface area contributed by atoms with Gasteiger partial charge in [-0.3, -0.25) is 9.48 Å². The highest BCUT2D eigenvalue weighted by Gasteiger charge is 2.32. The number of rotatable bonds is 2. The maximum atomic E-state index is 11.5. The highest BCUT2D eigenvalue weighted by atomic mass is 16.2. The van der Waals surface area contributed by atoms with Gasteiger partial charge in [0.1, 0.15) is 0 Å². The molecule has 4 nitrogen and oxygen atoms in total. The molecular weight excluding hydrogens is 226 g/mol. The van der Waals surface area contributed by atoms with Crippen molar-refractivity contribution in [1.29, 1.82) is 0 Å². The zero-order valence-electron chi connectivity index (χ0n) is 10.8. The normalized spacial score (nSPS) is 16.0. The Kier molecular flexibility index (Phi) is 2.58. The number of aromatic nitrogens is 2. The molecule has 0 atom stereocenters. The second-order valence-electron chi connectivity index (χ2n) is 4.96. The number of benzene rings is 1. The molecule has 1 saturated heterocycles. The molecule has 2 aromatic rings. The molecule has 1 amide bonds. The largest absolute Gasteiger partial charge is 0.338 e. The Labute approximate surface area is 106 Å². The zero-order valence-corrected chi connectivity index (χ0v) is 10.8. The first-order valence-corrected chi connectivity index (χ1v) is 6.40. The van der Waals surface area contributed by atoms with E-state index in [1.807, 2.05) is 18.0 Å². The SMILES string of the molecule is CCC(=O)N1CC(n2ncc3ccc(C)cc32)C1. The van der Waals surface area contributed by atoms with Gasteiger partial charge in [0, 0.05) is 24.9 Å². The van der Waals surface area contributed by atoms with Crippen LogP contribution in [-0.4, -0.2) is 33.7 Å². The Morgan fingerprint density at radius 1 is 1.44 bits per heavy atom. The second-order valence-corrected chi connectivity index (χ2v) is 4.96. The predicted octanol–water partition coefficient (Wildman–Crippen LogP) is 2.14. The van der Waals surface area contributed by atoms with E-state index >= 15 is 0 Å². The van der Waals surface area contributed by atoms with Crippen molar-refractivity contribution in [2.75, 3.05) is 13.1 Å². The second kappa shape index (κ2) is 4.12. The summed E-state index contributed by atoms with van der Waals surface area (Å²) in [4.78, 5) is 13.4. The van der Waals surface area contributed by atoms with E-state index in [1.165, 1.54) is 16.5 Å². The monoisotopic (exact) mass is 243 g/mol. The summed E-state index contributed by atoms with van der Waals surface area (Å²) in [7, 11) is 0. The molecule has 3 rings (SSSR count). The van der Waals surface area contributed by atoms with Crippen molar-refractivity contribution in [3.63, 3.8) is 0 Å². The zero-order chi connectivity index (χ0) is 12.7. The number of likely N-dealkylation sites (tertiary alicyclic amines) is 1. The van der Waals surface area contributed by atoms with Gasteiger partial charge < -0.3 is 4.90 Å². The van der Waals surface area contributed by atoms with Crippen LogP contribution in [0.4, 0.5) is 0 Å². The standard InChI is InChI=1S/C14H17N3O/c1-3-14(18)16-8-12(9-16)17-13-6-10(2)4-5-11(13)7-15-17/h4-7,12H,3,8-9H2,1-2H3. The third-order valence-electron chi connectivity index (χ3n) is 3.62. The number of amides is 1. The van der Waals surface area contributed by atoms with E-state index in [2.05, 4.69) is 34.9 Å². The Bertz CT molecular complexity index is 596. The first-order chi connectivity index (χ1) is 8.69. The van der Waals surface area contributed by atoms with E-state index < -0.39 is 0 Å². The molecule has 0 bridgehead atoms. The summed E-state index contributed by atoms with van der Waals surface area (Å²) in [5.74, 6) is 0.235. The van der Waals surface area contributed by atoms with E-state index in [0.29, 0.717) is 12.5 Å². The predicted molar refractivity (Wildman–Crippen MR) is 70.4 cm³/mol. The van der Waals surface area contributed by atoms with Crippen molar-refractivity contribution in [2.45, 2.75) is 26.3 Å². The van der Waals surface area contributed by atoms with Crippen LogP contribution < -0.4 is 0 Å². The molecule has 0 radical (unpaired) electrons. The lowest BCUT2D eigenvalue weighted by Gasteiger charge is -2.39. The molecule has 1 aromatic carbocycles. The average molecular weight is 243 g/mol. The lowest BCUT2D eigenvalue weighted by molar-refractivity contribution is -0.136. The Morgan fingerprint density at radius 3 is 2.94 bits per heavy atom. The van der Waals surface area contributed by atoms with Crippen LogP contribution >= 0.6 is 0 Å². The Balaban J connectivity index is 1.84. The van der Waals surface area contributed by atoms with Gasteiger partial charge in [0.25, 0.3) is 0 Å². The molecule has 0 aliphatic carbocycles. The maximum Gasteiger partial charge on any atom is 0.222 e. The molecule has 1 fully saturated rings. The number of nitrogens with zero attached hydrogens (tertiary/aromatic N) is 3. The van der Waals surface area contributed by atoms with E-state index in [1.54, 1.807) is 0 Å². The molecule has 0 spiro atoms. The minimum absolute atomic E-state index is 0.235. The van der Waals surface area contributed by atoms with Crippen molar-refractivity contribution in [3.8, 4) is 0 Å². The summed E-state index contributed by atoms with van der Waals surface area (Å²) in [6, 6.07) is 6.69. The summed E-state index contributed by atoms with van der Waals surface area (Å²) in [6.45, 7) is 5.57. The smallest absolute Gasteiger partial charge is 0.222 e. The summed E-state index contributed by atoms with van der Waals surface area (Å²) >= 11 is 0. The van der Waals surface area contributed by atoms with E-state index in [-0.39, 0.29) is 5.91 Å². The van der Waals surface area contributed by atoms with Crippen molar-refractivity contribution < 1.29 is 4.79 Å². The van der Waals surface area contributed by atoms with Crippen LogP contribution in [0.5, 0.6) is 0 Å². The van der Waals surface area contributed by atoms with Gasteiger partial charge in [0.2, 0.25) is 5.91 Å². The van der Waals surface area contributed by atoms with Crippen LogP contribution in [0.15, 0.2) is 24.4 Å². The summed E-state index contributed by atoms with van der Waals surface area (Å²) < 4.78 is 2.06. The third kappa shape index (κ3) is 1.68. The molecule has 0 saturated carbocycles. The Morgan fingerprint density at radius 2 is 2.22 bits per heavy atom. The number of hydrogen-bond donors (Lipinski definition) is 0. The number of fused-ring (bicyclic) bond motifs is 1. The quantitative estimate of drug-likeness (QED) is 0.810. The van der Waals surface area contributed by atoms with Crippen molar-refractivity contribution >= 4 is 16.8 Å². The molecule has 1 aliphatic heterocycles. The van der Waals surface area contributed by atoms with Crippen LogP contribution in [0.3, 0.4) is 0 Å². The van der Waals surface area contributed by atoms with Crippen LogP contribution in [0, 0.1) is 6.92 Å². The molecule has 94 valence electrons. The topological polar surface area (TPSA) is 38.1 Å². The van der Waals surface area contributed by atoms with Gasteiger partial charge >= 0.3 is 0 Å². The number of carbonyl (C=O) groups excluding carboxylic acids is 1. The fraction of sp³-hybridized carbons (Fsp3) is 0.429.